The standard InChI is InChI=1S/C31H38ClN3O4S/c1-4-34-40(38,39)28-17-12-24(13-18-28)14-19-30(36)35(22-26-10-15-27(32)16-11-26)29(31(37)33-21-23(2)3)20-25-8-6-5-7-9-25/h5-13,15-18,23,29,34H,4,14,19-22H2,1-3H3,(H,33,37)/t29-/m1/s1. The van der Waals surface area contributed by atoms with E-state index in [1.807, 2.05) is 56.3 Å². The second kappa shape index (κ2) is 15.0. The van der Waals surface area contributed by atoms with E-state index in [9.17, 15) is 18.0 Å². The summed E-state index contributed by atoms with van der Waals surface area (Å²) >= 11 is 6.09. The summed E-state index contributed by atoms with van der Waals surface area (Å²) in [4.78, 5) is 29.1. The van der Waals surface area contributed by atoms with Crippen LogP contribution in [0.2, 0.25) is 5.02 Å². The van der Waals surface area contributed by atoms with Crippen LogP contribution in [0.15, 0.2) is 83.8 Å². The molecule has 3 aromatic rings. The van der Waals surface area contributed by atoms with E-state index in [0.717, 1.165) is 16.7 Å². The van der Waals surface area contributed by atoms with Crippen LogP contribution >= 0.6 is 11.6 Å². The van der Waals surface area contributed by atoms with Gasteiger partial charge in [-0.15, -0.1) is 0 Å². The lowest BCUT2D eigenvalue weighted by atomic mass is 10.0. The number of nitrogens with one attached hydrogen (secondary N) is 2. The van der Waals surface area contributed by atoms with Gasteiger partial charge in [0.25, 0.3) is 0 Å². The molecule has 0 saturated heterocycles. The molecule has 7 nitrogen and oxygen atoms in total. The number of amides is 2. The van der Waals surface area contributed by atoms with Crippen molar-refractivity contribution < 1.29 is 18.0 Å². The van der Waals surface area contributed by atoms with Crippen molar-refractivity contribution in [3.05, 3.63) is 101 Å². The first-order chi connectivity index (χ1) is 19.1. The fourth-order valence-electron chi connectivity index (χ4n) is 4.27. The highest BCUT2D eigenvalue weighted by molar-refractivity contribution is 7.89. The van der Waals surface area contributed by atoms with Crippen molar-refractivity contribution in [2.45, 2.75) is 57.5 Å². The van der Waals surface area contributed by atoms with Crippen molar-refractivity contribution in [1.29, 1.82) is 0 Å². The predicted octanol–water partition coefficient (Wildman–Crippen LogP) is 4.98. The zero-order valence-corrected chi connectivity index (χ0v) is 24.8. The number of rotatable bonds is 14. The monoisotopic (exact) mass is 583 g/mol. The average molecular weight is 584 g/mol. The summed E-state index contributed by atoms with van der Waals surface area (Å²) in [6.45, 7) is 6.84. The molecule has 9 heteroatoms. The second-order valence-corrected chi connectivity index (χ2v) is 12.3. The first kappa shape index (κ1) is 31.3. The summed E-state index contributed by atoms with van der Waals surface area (Å²) in [5.74, 6) is -0.0983. The minimum Gasteiger partial charge on any atom is -0.354 e. The van der Waals surface area contributed by atoms with E-state index in [1.165, 1.54) is 0 Å². The molecule has 214 valence electrons. The fraction of sp³-hybridized carbons (Fsp3) is 0.355. The number of hydrogen-bond donors (Lipinski definition) is 2. The highest BCUT2D eigenvalue weighted by Gasteiger charge is 2.30. The molecule has 0 unspecified atom stereocenters. The third-order valence-electron chi connectivity index (χ3n) is 6.42. The minimum atomic E-state index is -3.55. The van der Waals surface area contributed by atoms with Gasteiger partial charge in [-0.25, -0.2) is 13.1 Å². The van der Waals surface area contributed by atoms with Gasteiger partial charge in [0.1, 0.15) is 6.04 Å². The molecule has 0 aromatic heterocycles. The quantitative estimate of drug-likeness (QED) is 0.280. The van der Waals surface area contributed by atoms with Gasteiger partial charge in [-0.2, -0.15) is 0 Å². The molecule has 0 heterocycles. The zero-order chi connectivity index (χ0) is 29.1. The zero-order valence-electron chi connectivity index (χ0n) is 23.3. The maximum absolute atomic E-state index is 13.8. The summed E-state index contributed by atoms with van der Waals surface area (Å²) in [5.41, 5.74) is 2.66. The van der Waals surface area contributed by atoms with Crippen LogP contribution in [-0.4, -0.2) is 44.3 Å². The van der Waals surface area contributed by atoms with Crippen LogP contribution in [0.25, 0.3) is 0 Å². The number of carbonyl (C=O) groups is 2. The van der Waals surface area contributed by atoms with E-state index in [1.54, 1.807) is 48.2 Å². The van der Waals surface area contributed by atoms with Crippen LogP contribution in [0.1, 0.15) is 43.9 Å². The van der Waals surface area contributed by atoms with E-state index in [0.29, 0.717) is 31.0 Å². The molecule has 0 saturated carbocycles. The van der Waals surface area contributed by atoms with Crippen LogP contribution in [0.5, 0.6) is 0 Å². The van der Waals surface area contributed by atoms with Gasteiger partial charge in [0.15, 0.2) is 0 Å². The molecule has 1 atom stereocenters. The summed E-state index contributed by atoms with van der Waals surface area (Å²) in [6, 6.07) is 22.7. The van der Waals surface area contributed by atoms with E-state index in [2.05, 4.69) is 10.0 Å². The van der Waals surface area contributed by atoms with Crippen LogP contribution in [0.4, 0.5) is 0 Å². The van der Waals surface area contributed by atoms with Gasteiger partial charge in [0.05, 0.1) is 4.90 Å². The Morgan fingerprint density at radius 1 is 0.875 bits per heavy atom. The molecule has 2 amide bonds. The van der Waals surface area contributed by atoms with E-state index < -0.39 is 16.1 Å². The largest absolute Gasteiger partial charge is 0.354 e. The molecular weight excluding hydrogens is 546 g/mol. The molecule has 0 aliphatic heterocycles. The highest BCUT2D eigenvalue weighted by atomic mass is 35.5. The number of carbonyl (C=O) groups excluding carboxylic acids is 2. The van der Waals surface area contributed by atoms with Crippen molar-refractivity contribution in [3.63, 3.8) is 0 Å². The molecule has 0 radical (unpaired) electrons. The van der Waals surface area contributed by atoms with Crippen LogP contribution in [-0.2, 0) is 39.0 Å². The summed E-state index contributed by atoms with van der Waals surface area (Å²) in [5, 5.41) is 3.61. The molecule has 0 fully saturated rings. The number of hydrogen-bond acceptors (Lipinski definition) is 4. The third-order valence-corrected chi connectivity index (χ3v) is 8.23. The molecule has 3 rings (SSSR count). The average Bonchev–Trinajstić information content (AvgIpc) is 2.94. The topological polar surface area (TPSA) is 95.6 Å². The smallest absolute Gasteiger partial charge is 0.243 e. The highest BCUT2D eigenvalue weighted by Crippen LogP contribution is 2.19. The van der Waals surface area contributed by atoms with Crippen molar-refractivity contribution in [2.75, 3.05) is 13.1 Å². The number of benzene rings is 3. The minimum absolute atomic E-state index is 0.162. The van der Waals surface area contributed by atoms with Gasteiger partial charge in [-0.1, -0.05) is 87.0 Å². The Bertz CT molecular complexity index is 1350. The lowest BCUT2D eigenvalue weighted by molar-refractivity contribution is -0.141. The summed E-state index contributed by atoms with van der Waals surface area (Å²) in [6.07, 6.45) is 0.944. The first-order valence-corrected chi connectivity index (χ1v) is 15.4. The van der Waals surface area contributed by atoms with Crippen molar-refractivity contribution in [1.82, 2.24) is 14.9 Å². The van der Waals surface area contributed by atoms with Gasteiger partial charge in [-0.05, 0) is 53.3 Å². The lowest BCUT2D eigenvalue weighted by Crippen LogP contribution is -2.51. The van der Waals surface area contributed by atoms with Gasteiger partial charge in [-0.3, -0.25) is 9.59 Å². The summed E-state index contributed by atoms with van der Waals surface area (Å²) < 4.78 is 27.0. The molecule has 0 bridgehead atoms. The van der Waals surface area contributed by atoms with Gasteiger partial charge in [0, 0.05) is 37.5 Å². The maximum atomic E-state index is 13.8. The Balaban J connectivity index is 1.86. The Labute approximate surface area is 243 Å². The molecule has 0 spiro atoms. The second-order valence-electron chi connectivity index (χ2n) is 10.1. The van der Waals surface area contributed by atoms with E-state index in [-0.39, 0.29) is 35.6 Å². The fourth-order valence-corrected chi connectivity index (χ4v) is 5.43. The first-order valence-electron chi connectivity index (χ1n) is 13.5. The molecular formula is C31H38ClN3O4S. The Hall–Kier alpha value is -3.20. The normalized spacial score (nSPS) is 12.2. The Kier molecular flexibility index (Phi) is 11.7. The molecule has 0 aliphatic rings. The van der Waals surface area contributed by atoms with Crippen molar-refractivity contribution in [3.8, 4) is 0 Å². The Morgan fingerprint density at radius 2 is 1.50 bits per heavy atom. The molecule has 2 N–H and O–H groups in total. The number of nitrogens with zero attached hydrogens (tertiary/aromatic N) is 1. The van der Waals surface area contributed by atoms with Crippen molar-refractivity contribution in [2.24, 2.45) is 5.92 Å². The molecule has 40 heavy (non-hydrogen) atoms. The van der Waals surface area contributed by atoms with Crippen molar-refractivity contribution >= 4 is 33.4 Å². The van der Waals surface area contributed by atoms with Crippen LogP contribution in [0, 0.1) is 5.92 Å². The predicted molar refractivity (Wildman–Crippen MR) is 159 cm³/mol. The van der Waals surface area contributed by atoms with Gasteiger partial charge in [0.2, 0.25) is 21.8 Å². The Morgan fingerprint density at radius 3 is 2.10 bits per heavy atom. The van der Waals surface area contributed by atoms with E-state index in [4.69, 9.17) is 11.6 Å². The molecule has 0 aliphatic carbocycles. The SMILES string of the molecule is CCNS(=O)(=O)c1ccc(CCC(=O)N(Cc2ccc(Cl)cc2)[C@H](Cc2ccccc2)C(=O)NCC(C)C)cc1. The number of halogens is 1. The lowest BCUT2D eigenvalue weighted by Gasteiger charge is -2.32. The van der Waals surface area contributed by atoms with E-state index >= 15 is 0 Å². The van der Waals surface area contributed by atoms with Gasteiger partial charge >= 0.3 is 0 Å². The third kappa shape index (κ3) is 9.47. The number of aryl methyl sites for hydroxylation is 1. The number of sulfonamides is 1. The van der Waals surface area contributed by atoms with Crippen LogP contribution in [0.3, 0.4) is 0 Å². The van der Waals surface area contributed by atoms with Gasteiger partial charge < -0.3 is 10.2 Å². The maximum Gasteiger partial charge on any atom is 0.243 e. The van der Waals surface area contributed by atoms with Crippen LogP contribution < -0.4 is 10.0 Å². The molecule has 3 aromatic carbocycles. The summed E-state index contributed by atoms with van der Waals surface area (Å²) in [7, 11) is -3.55.